The highest BCUT2D eigenvalue weighted by molar-refractivity contribution is 5.88. The zero-order chi connectivity index (χ0) is 25.8. The molecule has 35 heavy (non-hydrogen) atoms. The fourth-order valence-corrected chi connectivity index (χ4v) is 4.06. The summed E-state index contributed by atoms with van der Waals surface area (Å²) in [6.07, 6.45) is 3.95. The van der Waals surface area contributed by atoms with E-state index in [0.29, 0.717) is 6.04 Å². The molecule has 0 spiro atoms. The predicted octanol–water partition coefficient (Wildman–Crippen LogP) is 1.91. The van der Waals surface area contributed by atoms with Crippen LogP contribution in [0.5, 0.6) is 0 Å². The molecule has 0 aliphatic carbocycles. The van der Waals surface area contributed by atoms with Gasteiger partial charge in [-0.25, -0.2) is 4.79 Å². The highest BCUT2D eigenvalue weighted by Crippen LogP contribution is 2.20. The topological polar surface area (TPSA) is 165 Å². The molecule has 3 rings (SSSR count). The van der Waals surface area contributed by atoms with Gasteiger partial charge in [0, 0.05) is 25.3 Å². The summed E-state index contributed by atoms with van der Waals surface area (Å²) in [4.78, 5) is 40.0. The summed E-state index contributed by atoms with van der Waals surface area (Å²) in [6.45, 7) is 7.43. The Morgan fingerprint density at radius 3 is 2.34 bits per heavy atom. The van der Waals surface area contributed by atoms with Crippen LogP contribution in [0.2, 0.25) is 0 Å². The van der Waals surface area contributed by atoms with Gasteiger partial charge in [-0.3, -0.25) is 24.4 Å². The lowest BCUT2D eigenvalue weighted by Crippen LogP contribution is -2.42. The lowest BCUT2D eigenvalue weighted by atomic mass is 9.96. The third-order valence-corrected chi connectivity index (χ3v) is 5.73. The number of likely N-dealkylation sites (tertiary alicyclic amines) is 1. The van der Waals surface area contributed by atoms with Crippen molar-refractivity contribution in [1.82, 2.24) is 14.8 Å². The Morgan fingerprint density at radius 1 is 1.11 bits per heavy atom. The number of furan rings is 1. The second-order valence-corrected chi connectivity index (χ2v) is 8.47. The molecular formula is C24H33N3O8. The van der Waals surface area contributed by atoms with Crippen LogP contribution in [0.25, 0.3) is 0 Å². The molecule has 2 aromatic heterocycles. The SMILES string of the molecule is CCN1CCCC1CN(Cc1ccccn1)Cc1ccco1.O=C(O)CC(O)(CC(=O)O)C(=O)O. The molecule has 11 heteroatoms. The molecule has 0 aromatic carbocycles. The zero-order valence-electron chi connectivity index (χ0n) is 19.7. The van der Waals surface area contributed by atoms with E-state index in [2.05, 4.69) is 39.9 Å². The van der Waals surface area contributed by atoms with Crippen LogP contribution in [0.3, 0.4) is 0 Å². The Kier molecular flexibility index (Phi) is 10.8. The molecule has 3 heterocycles. The first-order valence-electron chi connectivity index (χ1n) is 11.4. The monoisotopic (exact) mass is 491 g/mol. The standard InChI is InChI=1S/C18H25N3O.C6H8O7/c1-2-21-11-5-8-17(21)14-20(15-18-9-6-12-22-18)13-16-7-3-4-10-19-16;7-3(8)1-6(13,5(11)12)2-4(9)10/h3-4,6-7,9-10,12,17H,2,5,8,11,13-15H2,1H3;13H,1-2H2,(H,7,8)(H,9,10)(H,11,12). The minimum absolute atomic E-state index is 0.656. The number of hydrogen-bond acceptors (Lipinski definition) is 8. The van der Waals surface area contributed by atoms with Crippen LogP contribution >= 0.6 is 0 Å². The Morgan fingerprint density at radius 2 is 1.83 bits per heavy atom. The van der Waals surface area contributed by atoms with E-state index in [4.69, 9.17) is 24.8 Å². The van der Waals surface area contributed by atoms with E-state index in [1.165, 1.54) is 19.4 Å². The lowest BCUT2D eigenvalue weighted by Gasteiger charge is -2.29. The van der Waals surface area contributed by atoms with E-state index in [9.17, 15) is 14.4 Å². The number of pyridine rings is 1. The van der Waals surface area contributed by atoms with Gasteiger partial charge in [0.2, 0.25) is 0 Å². The van der Waals surface area contributed by atoms with Crippen molar-refractivity contribution in [3.63, 3.8) is 0 Å². The number of aliphatic hydroxyl groups is 1. The summed E-state index contributed by atoms with van der Waals surface area (Å²) in [7, 11) is 0. The Balaban J connectivity index is 0.000000287. The average molecular weight is 492 g/mol. The van der Waals surface area contributed by atoms with Gasteiger partial charge in [-0.05, 0) is 50.2 Å². The number of carboxylic acid groups (broad SMARTS) is 3. The van der Waals surface area contributed by atoms with E-state index < -0.39 is 36.4 Å². The van der Waals surface area contributed by atoms with Crippen molar-refractivity contribution >= 4 is 17.9 Å². The van der Waals surface area contributed by atoms with E-state index in [1.54, 1.807) is 6.26 Å². The number of carbonyl (C=O) groups is 3. The lowest BCUT2D eigenvalue weighted by molar-refractivity contribution is -0.170. The average Bonchev–Trinajstić information content (AvgIpc) is 3.45. The molecule has 1 fully saturated rings. The molecule has 1 aliphatic heterocycles. The second kappa shape index (κ2) is 13.6. The van der Waals surface area contributed by atoms with Crippen LogP contribution in [-0.2, 0) is 27.5 Å². The molecule has 1 saturated heterocycles. The normalized spacial score (nSPS) is 16.0. The summed E-state index contributed by atoms with van der Waals surface area (Å²) in [6, 6.07) is 10.8. The van der Waals surface area contributed by atoms with Crippen molar-refractivity contribution in [3.05, 3.63) is 54.2 Å². The number of rotatable bonds is 12. The Bertz CT molecular complexity index is 920. The molecule has 0 radical (unpaired) electrons. The maximum absolute atomic E-state index is 10.3. The second-order valence-electron chi connectivity index (χ2n) is 8.47. The van der Waals surface area contributed by atoms with E-state index in [-0.39, 0.29) is 0 Å². The number of aliphatic carboxylic acids is 3. The molecule has 0 amide bonds. The Hall–Kier alpha value is -3.28. The quantitative estimate of drug-likeness (QED) is 0.343. The number of nitrogens with zero attached hydrogens (tertiary/aromatic N) is 3. The molecule has 1 atom stereocenters. The van der Waals surface area contributed by atoms with Gasteiger partial charge in [-0.2, -0.15) is 0 Å². The highest BCUT2D eigenvalue weighted by atomic mass is 16.4. The maximum atomic E-state index is 10.3. The molecule has 0 bridgehead atoms. The van der Waals surface area contributed by atoms with Gasteiger partial charge in [-0.1, -0.05) is 13.0 Å². The van der Waals surface area contributed by atoms with E-state index in [0.717, 1.165) is 37.6 Å². The minimum atomic E-state index is -2.74. The first kappa shape index (κ1) is 28.0. The molecule has 2 aromatic rings. The van der Waals surface area contributed by atoms with Crippen LogP contribution in [0, 0.1) is 0 Å². The van der Waals surface area contributed by atoms with E-state index >= 15 is 0 Å². The van der Waals surface area contributed by atoms with Crippen molar-refractivity contribution in [2.45, 2.75) is 57.3 Å². The van der Waals surface area contributed by atoms with Gasteiger partial charge >= 0.3 is 17.9 Å². The summed E-state index contributed by atoms with van der Waals surface area (Å²) < 4.78 is 5.54. The summed E-state index contributed by atoms with van der Waals surface area (Å²) in [5.41, 5.74) is -1.62. The molecule has 1 aliphatic rings. The van der Waals surface area contributed by atoms with Crippen LogP contribution in [0.15, 0.2) is 47.2 Å². The minimum Gasteiger partial charge on any atom is -0.481 e. The molecule has 11 nitrogen and oxygen atoms in total. The number of hydrogen-bond donors (Lipinski definition) is 4. The van der Waals surface area contributed by atoms with Crippen LogP contribution in [-0.4, -0.2) is 84.4 Å². The first-order chi connectivity index (χ1) is 16.6. The van der Waals surface area contributed by atoms with Gasteiger partial charge in [-0.15, -0.1) is 0 Å². The van der Waals surface area contributed by atoms with Gasteiger partial charge < -0.3 is 24.8 Å². The van der Waals surface area contributed by atoms with Crippen molar-refractivity contribution in [2.24, 2.45) is 0 Å². The molecule has 4 N–H and O–H groups in total. The number of aromatic nitrogens is 1. The van der Waals surface area contributed by atoms with Gasteiger partial charge in [0.1, 0.15) is 5.76 Å². The molecular weight excluding hydrogens is 458 g/mol. The highest BCUT2D eigenvalue weighted by Gasteiger charge is 2.40. The summed E-state index contributed by atoms with van der Waals surface area (Å²) in [5, 5.41) is 33.8. The smallest absolute Gasteiger partial charge is 0.336 e. The fraction of sp³-hybridized carbons (Fsp3) is 0.500. The van der Waals surface area contributed by atoms with E-state index in [1.807, 2.05) is 18.3 Å². The third kappa shape index (κ3) is 9.47. The van der Waals surface area contributed by atoms with Gasteiger partial charge in [0.25, 0.3) is 0 Å². The van der Waals surface area contributed by atoms with Crippen LogP contribution < -0.4 is 0 Å². The van der Waals surface area contributed by atoms with Crippen molar-refractivity contribution < 1.29 is 39.2 Å². The van der Waals surface area contributed by atoms with Crippen LogP contribution in [0.1, 0.15) is 44.1 Å². The van der Waals surface area contributed by atoms with Crippen LogP contribution in [0.4, 0.5) is 0 Å². The van der Waals surface area contributed by atoms with Gasteiger partial charge in [0.15, 0.2) is 5.60 Å². The molecule has 192 valence electrons. The molecule has 1 unspecified atom stereocenters. The van der Waals surface area contributed by atoms with Crippen molar-refractivity contribution in [2.75, 3.05) is 19.6 Å². The van der Waals surface area contributed by atoms with Crippen molar-refractivity contribution in [1.29, 1.82) is 0 Å². The number of carboxylic acids is 3. The van der Waals surface area contributed by atoms with Crippen molar-refractivity contribution in [3.8, 4) is 0 Å². The maximum Gasteiger partial charge on any atom is 0.336 e. The molecule has 0 saturated carbocycles. The predicted molar refractivity (Wildman–Crippen MR) is 124 cm³/mol. The summed E-state index contributed by atoms with van der Waals surface area (Å²) >= 11 is 0. The third-order valence-electron chi connectivity index (χ3n) is 5.73. The fourth-order valence-electron chi connectivity index (χ4n) is 4.06. The zero-order valence-corrected chi connectivity index (χ0v) is 19.7. The largest absolute Gasteiger partial charge is 0.481 e. The summed E-state index contributed by atoms with van der Waals surface area (Å²) in [5.74, 6) is -3.99. The number of likely N-dealkylation sites (N-methyl/N-ethyl adjacent to an activating group) is 1. The van der Waals surface area contributed by atoms with Gasteiger partial charge in [0.05, 0.1) is 31.3 Å². The first-order valence-corrected chi connectivity index (χ1v) is 11.4. The Labute approximate surface area is 203 Å².